The van der Waals surface area contributed by atoms with Crippen LogP contribution in [0.5, 0.6) is 0 Å². The van der Waals surface area contributed by atoms with Gasteiger partial charge in [-0.3, -0.25) is 9.79 Å². The molecule has 0 unspecified atom stereocenters. The minimum atomic E-state index is -4.24. The molecule has 0 radical (unpaired) electrons. The number of aldehydes is 1. The van der Waals surface area contributed by atoms with Gasteiger partial charge in [-0.05, 0) is 44.2 Å². The zero-order valence-corrected chi connectivity index (χ0v) is 17.3. The molecule has 1 aromatic carbocycles. The fraction of sp³-hybridized carbons (Fsp3) is 0.273. The lowest BCUT2D eigenvalue weighted by molar-refractivity contribution is -0.137. The normalized spacial score (nSPS) is 12.4. The molecule has 0 aliphatic carbocycles. The molecule has 0 aromatic heterocycles. The quantitative estimate of drug-likeness (QED) is 0.181. The Kier molecular flexibility index (Phi) is 15.6. The highest BCUT2D eigenvalue weighted by Crippen LogP contribution is 2.29. The lowest BCUT2D eigenvalue weighted by Gasteiger charge is -2.06. The minimum Gasteiger partial charge on any atom is -0.388 e. The number of aliphatic imine (C=N–C) groups is 1. The topological polar surface area (TPSA) is 41.5 Å². The van der Waals surface area contributed by atoms with Crippen molar-refractivity contribution in [3.8, 4) is 0 Å². The summed E-state index contributed by atoms with van der Waals surface area (Å²) >= 11 is 0. The summed E-state index contributed by atoms with van der Waals surface area (Å²) in [6.45, 7) is 10.6. The number of nitrogens with one attached hydrogen (secondary N) is 1. The third-order valence-electron chi connectivity index (χ3n) is 3.04. The van der Waals surface area contributed by atoms with Gasteiger partial charge >= 0.3 is 6.18 Å². The van der Waals surface area contributed by atoms with E-state index in [1.807, 2.05) is 13.8 Å². The van der Waals surface area contributed by atoms with Gasteiger partial charge in [-0.1, -0.05) is 38.7 Å². The van der Waals surface area contributed by atoms with Crippen LogP contribution in [0.25, 0.3) is 0 Å². The molecular weight excluding hydrogens is 384 g/mol. The van der Waals surface area contributed by atoms with E-state index in [1.165, 1.54) is 43.5 Å². The number of allylic oxidation sites excluding steroid dienone is 5. The number of rotatable bonds is 6. The Hall–Kier alpha value is -2.96. The Morgan fingerprint density at radius 1 is 1.14 bits per heavy atom. The lowest BCUT2D eigenvalue weighted by atomic mass is 10.1. The van der Waals surface area contributed by atoms with Gasteiger partial charge in [0.15, 0.2) is 0 Å². The van der Waals surface area contributed by atoms with Gasteiger partial charge in [-0.15, -0.1) is 0 Å². The molecule has 0 aliphatic heterocycles. The van der Waals surface area contributed by atoms with Gasteiger partial charge < -0.3 is 5.32 Å². The molecule has 0 fully saturated rings. The molecule has 1 rings (SSSR count). The van der Waals surface area contributed by atoms with Crippen LogP contribution in [0.4, 0.5) is 23.2 Å². The number of carbonyl (C=O) groups excluding carboxylic acids is 1. The maximum Gasteiger partial charge on any atom is 0.416 e. The molecule has 7 heteroatoms. The summed E-state index contributed by atoms with van der Waals surface area (Å²) in [4.78, 5) is 13.9. The third-order valence-corrected chi connectivity index (χ3v) is 3.04. The first-order chi connectivity index (χ1) is 13.7. The second-order valence-corrected chi connectivity index (χ2v) is 4.94. The molecule has 0 saturated heterocycles. The molecule has 1 aromatic rings. The second-order valence-electron chi connectivity index (χ2n) is 4.94. The Labute approximate surface area is 170 Å². The first-order valence-corrected chi connectivity index (χ1v) is 8.86. The van der Waals surface area contributed by atoms with Gasteiger partial charge in [-0.2, -0.15) is 13.2 Å². The molecule has 160 valence electrons. The average molecular weight is 412 g/mol. The summed E-state index contributed by atoms with van der Waals surface area (Å²) in [5.74, 6) is -0.390. The van der Waals surface area contributed by atoms with E-state index in [1.54, 1.807) is 20.0 Å². The summed E-state index contributed by atoms with van der Waals surface area (Å²) in [5.41, 5.74) is 0.804. The van der Waals surface area contributed by atoms with E-state index in [0.29, 0.717) is 17.5 Å². The molecule has 0 heterocycles. The molecule has 0 bridgehead atoms. The number of alkyl halides is 3. The first kappa shape index (κ1) is 28.3. The fourth-order valence-electron chi connectivity index (χ4n) is 1.77. The zero-order valence-electron chi connectivity index (χ0n) is 17.3. The van der Waals surface area contributed by atoms with Crippen LogP contribution in [0.3, 0.4) is 0 Å². The molecule has 0 atom stereocenters. The summed E-state index contributed by atoms with van der Waals surface area (Å²) in [7, 11) is 1.66. The summed E-state index contributed by atoms with van der Waals surface area (Å²) in [6.07, 6.45) is 3.79. The van der Waals surface area contributed by atoms with E-state index in [0.717, 1.165) is 12.1 Å². The highest BCUT2D eigenvalue weighted by atomic mass is 19.4. The van der Waals surface area contributed by atoms with Gasteiger partial charge in [0.05, 0.1) is 5.56 Å². The van der Waals surface area contributed by atoms with Gasteiger partial charge in [0.25, 0.3) is 0 Å². The van der Waals surface area contributed by atoms with Crippen LogP contribution in [0.15, 0.2) is 77.2 Å². The number of hydrogen-bond acceptors (Lipinski definition) is 3. The molecule has 1 N–H and O–H groups in total. The van der Waals surface area contributed by atoms with Crippen molar-refractivity contribution in [2.75, 3.05) is 12.4 Å². The maximum atomic E-state index is 13.1. The van der Waals surface area contributed by atoms with Crippen LogP contribution < -0.4 is 5.32 Å². The highest BCUT2D eigenvalue weighted by Gasteiger charge is 2.29. The lowest BCUT2D eigenvalue weighted by Crippen LogP contribution is -2.04. The van der Waals surface area contributed by atoms with Crippen molar-refractivity contribution < 1.29 is 22.4 Å². The van der Waals surface area contributed by atoms with Crippen LogP contribution in [0.2, 0.25) is 0 Å². The van der Waals surface area contributed by atoms with Crippen molar-refractivity contribution in [2.45, 2.75) is 33.9 Å². The predicted molar refractivity (Wildman–Crippen MR) is 114 cm³/mol. The van der Waals surface area contributed by atoms with E-state index in [-0.39, 0.29) is 5.70 Å². The predicted octanol–water partition coefficient (Wildman–Crippen LogP) is 6.92. The van der Waals surface area contributed by atoms with Crippen LogP contribution in [0.1, 0.15) is 33.3 Å². The Morgan fingerprint density at radius 3 is 2.03 bits per heavy atom. The molecular formula is C22H28F4N2O. The van der Waals surface area contributed by atoms with E-state index in [4.69, 9.17) is 0 Å². The first-order valence-electron chi connectivity index (χ1n) is 8.86. The average Bonchev–Trinajstić information content (AvgIpc) is 2.71. The number of anilines is 1. The zero-order chi connectivity index (χ0) is 22.9. The standard InChI is InChI=1S/C12H14FNO.C8H8F3N.C2H6/c1-4-11(8-6-7-9-15)12(10(3)13)14-5-2;1-12-7-4-2-6(3-5-7)8(9,10)11;1-2/h4-9H,1H2,2-3H3;2-5,12H,1H3;1-2H3/b7-6+,11-8+,12-10+,14-5?;;. The van der Waals surface area contributed by atoms with Gasteiger partial charge in [0.1, 0.15) is 17.8 Å². The number of halogens is 4. The van der Waals surface area contributed by atoms with E-state index in [9.17, 15) is 22.4 Å². The van der Waals surface area contributed by atoms with Gasteiger partial charge in [0, 0.05) is 24.5 Å². The SMILES string of the molecule is C=CC(=C\C=C\C=O)/C(N=CC)=C(/C)F.CC.CNc1ccc(C(F)(F)F)cc1. The third kappa shape index (κ3) is 12.2. The molecule has 3 nitrogen and oxygen atoms in total. The largest absolute Gasteiger partial charge is 0.416 e. The van der Waals surface area contributed by atoms with Crippen LogP contribution in [0, 0.1) is 0 Å². The monoisotopic (exact) mass is 412 g/mol. The van der Waals surface area contributed by atoms with Crippen molar-refractivity contribution in [1.29, 1.82) is 0 Å². The Balaban J connectivity index is 0. The fourth-order valence-corrected chi connectivity index (χ4v) is 1.77. The Bertz CT molecular complexity index is 724. The molecule has 0 spiro atoms. The molecule has 0 amide bonds. The Morgan fingerprint density at radius 2 is 1.69 bits per heavy atom. The molecule has 29 heavy (non-hydrogen) atoms. The molecule has 0 aliphatic rings. The summed E-state index contributed by atoms with van der Waals surface area (Å²) in [5, 5.41) is 2.74. The van der Waals surface area contributed by atoms with Gasteiger partial charge in [-0.25, -0.2) is 4.39 Å². The number of benzene rings is 1. The van der Waals surface area contributed by atoms with E-state index < -0.39 is 17.6 Å². The van der Waals surface area contributed by atoms with Crippen molar-refractivity contribution in [2.24, 2.45) is 4.99 Å². The van der Waals surface area contributed by atoms with E-state index >= 15 is 0 Å². The minimum absolute atomic E-state index is 0.225. The van der Waals surface area contributed by atoms with Crippen LogP contribution >= 0.6 is 0 Å². The summed E-state index contributed by atoms with van der Waals surface area (Å²) in [6, 6.07) is 4.88. The van der Waals surface area contributed by atoms with Crippen LogP contribution in [-0.2, 0) is 11.0 Å². The number of hydrogen-bond donors (Lipinski definition) is 1. The van der Waals surface area contributed by atoms with Crippen molar-refractivity contribution in [1.82, 2.24) is 0 Å². The van der Waals surface area contributed by atoms with Crippen molar-refractivity contribution in [3.05, 3.63) is 77.8 Å². The smallest absolute Gasteiger partial charge is 0.388 e. The molecule has 0 saturated carbocycles. The second kappa shape index (κ2) is 16.0. The van der Waals surface area contributed by atoms with Crippen molar-refractivity contribution in [3.63, 3.8) is 0 Å². The van der Waals surface area contributed by atoms with E-state index in [2.05, 4.69) is 16.9 Å². The van der Waals surface area contributed by atoms with Crippen molar-refractivity contribution >= 4 is 18.2 Å². The summed E-state index contributed by atoms with van der Waals surface area (Å²) < 4.78 is 49.1. The highest BCUT2D eigenvalue weighted by molar-refractivity contribution is 5.65. The van der Waals surface area contributed by atoms with Crippen LogP contribution in [-0.4, -0.2) is 19.5 Å². The van der Waals surface area contributed by atoms with Gasteiger partial charge in [0.2, 0.25) is 0 Å². The number of nitrogens with zero attached hydrogens (tertiary/aromatic N) is 1. The number of carbonyl (C=O) groups is 1. The maximum absolute atomic E-state index is 13.1.